The number of amides is 2. The monoisotopic (exact) mass is 358 g/mol. The third-order valence-electron chi connectivity index (χ3n) is 4.36. The van der Waals surface area contributed by atoms with Crippen LogP contribution in [0.2, 0.25) is 0 Å². The number of anilines is 1. The molecular weight excluding hydrogens is 339 g/mol. The van der Waals surface area contributed by atoms with E-state index in [0.717, 1.165) is 6.42 Å². The van der Waals surface area contributed by atoms with E-state index in [1.54, 1.807) is 11.0 Å². The highest BCUT2D eigenvalue weighted by molar-refractivity contribution is 5.94. The predicted molar refractivity (Wildman–Crippen MR) is 94.5 cm³/mol. The van der Waals surface area contributed by atoms with Crippen LogP contribution in [0.1, 0.15) is 12.8 Å². The molecule has 8 heteroatoms. The molecule has 1 aliphatic heterocycles. The lowest BCUT2D eigenvalue weighted by molar-refractivity contribution is -0.130. The average molecular weight is 358 g/mol. The molecule has 3 rings (SSSR count). The zero-order valence-corrected chi connectivity index (χ0v) is 14.1. The van der Waals surface area contributed by atoms with Crippen molar-refractivity contribution < 1.29 is 14.0 Å². The Labute approximate surface area is 149 Å². The van der Waals surface area contributed by atoms with Crippen molar-refractivity contribution in [1.82, 2.24) is 14.7 Å². The fraction of sp³-hybridized carbons (Fsp3) is 0.278. The molecule has 1 unspecified atom stereocenters. The van der Waals surface area contributed by atoms with Crippen LogP contribution in [-0.2, 0) is 9.59 Å². The van der Waals surface area contributed by atoms with E-state index >= 15 is 0 Å². The van der Waals surface area contributed by atoms with Gasteiger partial charge in [-0.15, -0.1) is 0 Å². The molecule has 2 amide bonds. The van der Waals surface area contributed by atoms with Crippen LogP contribution < -0.4 is 10.9 Å². The number of benzene rings is 1. The molecule has 136 valence electrons. The fourth-order valence-corrected chi connectivity index (χ4v) is 3.02. The minimum absolute atomic E-state index is 0.172. The number of halogens is 1. The third kappa shape index (κ3) is 3.74. The number of piperidine rings is 1. The van der Waals surface area contributed by atoms with Crippen molar-refractivity contribution in [2.24, 2.45) is 5.92 Å². The summed E-state index contributed by atoms with van der Waals surface area (Å²) in [6, 6.07) is 5.51. The topological polar surface area (TPSA) is 87.2 Å². The maximum absolute atomic E-state index is 14.3. The maximum atomic E-state index is 14.3. The molecule has 2 N–H and O–H groups in total. The Morgan fingerprint density at radius 2 is 2.15 bits per heavy atom. The number of nitrogens with zero attached hydrogens (tertiary/aromatic N) is 2. The van der Waals surface area contributed by atoms with Crippen LogP contribution in [0.4, 0.5) is 10.1 Å². The Hall–Kier alpha value is -3.16. The molecule has 2 heterocycles. The van der Waals surface area contributed by atoms with Crippen molar-refractivity contribution in [3.8, 4) is 5.69 Å². The van der Waals surface area contributed by atoms with Gasteiger partial charge in [-0.25, -0.2) is 4.39 Å². The molecule has 0 radical (unpaired) electrons. The number of H-pyrrole nitrogens is 1. The standard InChI is InChI=1S/C18H19FN4O3/c1-2-17(25)22-8-3-4-12(11-22)18(26)20-13-5-6-15(14(19)10-13)23-9-7-16(24)21-23/h2,5-7,9-10,12H,1,3-4,8,11H2,(H,20,26)(H,21,24). The summed E-state index contributed by atoms with van der Waals surface area (Å²) < 4.78 is 15.6. The van der Waals surface area contributed by atoms with Gasteiger partial charge in [-0.1, -0.05) is 6.58 Å². The second kappa shape index (κ2) is 7.38. The minimum Gasteiger partial charge on any atom is -0.338 e. The summed E-state index contributed by atoms with van der Waals surface area (Å²) in [4.78, 5) is 36.9. The number of carbonyl (C=O) groups is 2. The summed E-state index contributed by atoms with van der Waals surface area (Å²) in [5.41, 5.74) is 0.154. The number of carbonyl (C=O) groups excluding carboxylic acids is 2. The van der Waals surface area contributed by atoms with Gasteiger partial charge in [0.15, 0.2) is 5.82 Å². The second-order valence-electron chi connectivity index (χ2n) is 6.14. The van der Waals surface area contributed by atoms with E-state index < -0.39 is 5.82 Å². The number of aromatic nitrogens is 2. The van der Waals surface area contributed by atoms with Gasteiger partial charge in [0, 0.05) is 31.0 Å². The van der Waals surface area contributed by atoms with Crippen molar-refractivity contribution in [3.05, 3.63) is 59.3 Å². The quantitative estimate of drug-likeness (QED) is 0.815. The molecule has 0 spiro atoms. The summed E-state index contributed by atoms with van der Waals surface area (Å²) >= 11 is 0. The second-order valence-corrected chi connectivity index (χ2v) is 6.14. The van der Waals surface area contributed by atoms with Crippen LogP contribution in [0.25, 0.3) is 5.69 Å². The highest BCUT2D eigenvalue weighted by Crippen LogP contribution is 2.21. The lowest BCUT2D eigenvalue weighted by Crippen LogP contribution is -2.43. The molecular formula is C18H19FN4O3. The number of hydrogen-bond donors (Lipinski definition) is 2. The number of nitrogens with one attached hydrogen (secondary N) is 2. The first-order chi connectivity index (χ1) is 12.5. The van der Waals surface area contributed by atoms with E-state index in [4.69, 9.17) is 0 Å². The summed E-state index contributed by atoms with van der Waals surface area (Å²) in [5, 5.41) is 5.14. The Morgan fingerprint density at radius 3 is 2.81 bits per heavy atom. The molecule has 1 aromatic carbocycles. The van der Waals surface area contributed by atoms with Crippen molar-refractivity contribution in [1.29, 1.82) is 0 Å². The van der Waals surface area contributed by atoms with E-state index in [2.05, 4.69) is 17.0 Å². The van der Waals surface area contributed by atoms with Crippen LogP contribution in [0.3, 0.4) is 0 Å². The Kier molecular flexibility index (Phi) is 5.01. The molecule has 1 fully saturated rings. The van der Waals surface area contributed by atoms with Gasteiger partial charge in [0.1, 0.15) is 0 Å². The van der Waals surface area contributed by atoms with Gasteiger partial charge in [0.05, 0.1) is 11.6 Å². The Balaban J connectivity index is 1.69. The molecule has 0 saturated carbocycles. The highest BCUT2D eigenvalue weighted by atomic mass is 19.1. The van der Waals surface area contributed by atoms with Gasteiger partial charge in [-0.2, -0.15) is 0 Å². The molecule has 26 heavy (non-hydrogen) atoms. The molecule has 0 aliphatic carbocycles. The highest BCUT2D eigenvalue weighted by Gasteiger charge is 2.27. The third-order valence-corrected chi connectivity index (χ3v) is 4.36. The van der Waals surface area contributed by atoms with Crippen molar-refractivity contribution >= 4 is 17.5 Å². The van der Waals surface area contributed by atoms with Crippen LogP contribution in [0, 0.1) is 11.7 Å². The van der Waals surface area contributed by atoms with Gasteiger partial charge < -0.3 is 10.2 Å². The zero-order valence-electron chi connectivity index (χ0n) is 14.1. The van der Waals surface area contributed by atoms with Gasteiger partial charge in [-0.3, -0.25) is 24.2 Å². The van der Waals surface area contributed by atoms with Crippen LogP contribution >= 0.6 is 0 Å². The summed E-state index contributed by atoms with van der Waals surface area (Å²) in [6.07, 6.45) is 4.05. The van der Waals surface area contributed by atoms with E-state index in [9.17, 15) is 18.8 Å². The average Bonchev–Trinajstić information content (AvgIpc) is 3.07. The number of hydrogen-bond acceptors (Lipinski definition) is 3. The number of aromatic amines is 1. The van der Waals surface area contributed by atoms with Gasteiger partial charge in [0.25, 0.3) is 5.56 Å². The van der Waals surface area contributed by atoms with Gasteiger partial charge >= 0.3 is 0 Å². The lowest BCUT2D eigenvalue weighted by atomic mass is 9.97. The SMILES string of the molecule is C=CC(=O)N1CCCC(C(=O)Nc2ccc(-n3ccc(=O)[nH]3)c(F)c2)C1. The Bertz CT molecular complexity index is 902. The molecule has 1 atom stereocenters. The predicted octanol–water partition coefficient (Wildman–Crippen LogP) is 1.67. The summed E-state index contributed by atoms with van der Waals surface area (Å²) in [5.74, 6) is -1.38. The fourth-order valence-electron chi connectivity index (χ4n) is 3.02. The molecule has 1 aliphatic rings. The molecule has 2 aromatic rings. The maximum Gasteiger partial charge on any atom is 0.264 e. The zero-order chi connectivity index (χ0) is 18.7. The van der Waals surface area contributed by atoms with Crippen molar-refractivity contribution in [3.63, 3.8) is 0 Å². The number of likely N-dealkylation sites (tertiary alicyclic amines) is 1. The molecule has 1 aromatic heterocycles. The summed E-state index contributed by atoms with van der Waals surface area (Å²) in [7, 11) is 0. The van der Waals surface area contributed by atoms with E-state index in [1.807, 2.05) is 0 Å². The van der Waals surface area contributed by atoms with Gasteiger partial charge in [0.2, 0.25) is 11.8 Å². The first-order valence-electron chi connectivity index (χ1n) is 8.27. The van der Waals surface area contributed by atoms with E-state index in [0.29, 0.717) is 25.2 Å². The first kappa shape index (κ1) is 17.7. The largest absolute Gasteiger partial charge is 0.338 e. The minimum atomic E-state index is -0.582. The van der Waals surface area contributed by atoms with Gasteiger partial charge in [-0.05, 0) is 37.1 Å². The van der Waals surface area contributed by atoms with Crippen molar-refractivity contribution in [2.75, 3.05) is 18.4 Å². The van der Waals surface area contributed by atoms with E-state index in [-0.39, 0.29) is 29.0 Å². The summed E-state index contributed by atoms with van der Waals surface area (Å²) in [6.45, 7) is 4.39. The van der Waals surface area contributed by atoms with Crippen LogP contribution in [-0.4, -0.2) is 39.6 Å². The molecule has 0 bridgehead atoms. The first-order valence-corrected chi connectivity index (χ1v) is 8.27. The van der Waals surface area contributed by atoms with Crippen LogP contribution in [0.5, 0.6) is 0 Å². The van der Waals surface area contributed by atoms with Crippen LogP contribution in [0.15, 0.2) is 47.9 Å². The number of rotatable bonds is 4. The van der Waals surface area contributed by atoms with E-state index in [1.165, 1.54) is 35.2 Å². The molecule has 7 nitrogen and oxygen atoms in total. The van der Waals surface area contributed by atoms with Crippen molar-refractivity contribution in [2.45, 2.75) is 12.8 Å². The lowest BCUT2D eigenvalue weighted by Gasteiger charge is -2.31. The Morgan fingerprint density at radius 1 is 1.35 bits per heavy atom. The normalized spacial score (nSPS) is 17.0. The smallest absolute Gasteiger partial charge is 0.264 e. The molecule has 1 saturated heterocycles.